The largest absolute Gasteiger partial charge is 0.464 e. The molecule has 1 aromatic rings. The van der Waals surface area contributed by atoms with Gasteiger partial charge in [-0.1, -0.05) is 19.1 Å². The van der Waals surface area contributed by atoms with Crippen LogP contribution in [0.5, 0.6) is 0 Å². The van der Waals surface area contributed by atoms with Crippen molar-refractivity contribution in [3.05, 3.63) is 29.8 Å². The third-order valence-corrected chi connectivity index (χ3v) is 4.93. The van der Waals surface area contributed by atoms with E-state index in [1.54, 1.807) is 26.0 Å². The second kappa shape index (κ2) is 5.24. The number of nitrogens with zero attached hydrogens (tertiary/aromatic N) is 1. The number of carbonyl (C=O) groups excluding carboxylic acids is 2. The number of hydrogen-bond donors (Lipinski definition) is 0. The molecule has 0 aromatic heterocycles. The Labute approximate surface area is 117 Å². The Bertz CT molecular complexity index is 652. The smallest absolute Gasteiger partial charge is 0.330 e. The maximum absolute atomic E-state index is 12.4. The summed E-state index contributed by atoms with van der Waals surface area (Å²) in [5.41, 5.74) is 0.0928. The molecule has 0 saturated heterocycles. The highest BCUT2D eigenvalue weighted by molar-refractivity contribution is 7.90. The Morgan fingerprint density at radius 2 is 1.95 bits per heavy atom. The molecule has 1 aliphatic heterocycles. The number of hydrogen-bond acceptors (Lipinski definition) is 5. The van der Waals surface area contributed by atoms with Crippen molar-refractivity contribution in [2.75, 3.05) is 6.61 Å². The average Bonchev–Trinajstić information content (AvgIpc) is 2.62. The Hall–Kier alpha value is -1.89. The molecule has 0 spiro atoms. The third-order valence-electron chi connectivity index (χ3n) is 3.08. The maximum atomic E-state index is 12.4. The van der Waals surface area contributed by atoms with Crippen LogP contribution in [0.1, 0.15) is 30.6 Å². The number of benzene rings is 1. The number of fused-ring (bicyclic) bond motifs is 1. The molecular weight excluding hydrogens is 282 g/mol. The Morgan fingerprint density at radius 3 is 2.50 bits per heavy atom. The van der Waals surface area contributed by atoms with E-state index in [9.17, 15) is 18.0 Å². The van der Waals surface area contributed by atoms with E-state index in [0.717, 1.165) is 0 Å². The molecule has 0 bridgehead atoms. The van der Waals surface area contributed by atoms with Crippen molar-refractivity contribution in [2.45, 2.75) is 31.2 Å². The van der Waals surface area contributed by atoms with Crippen LogP contribution in [-0.4, -0.2) is 37.2 Å². The van der Waals surface area contributed by atoms with Crippen molar-refractivity contribution in [2.24, 2.45) is 0 Å². The summed E-state index contributed by atoms with van der Waals surface area (Å²) in [5, 5.41) is 0. The SMILES string of the molecule is CCOC(=O)[C@@H](CC)N1C(=O)c2ccccc2S1(=O)=O. The molecule has 20 heavy (non-hydrogen) atoms. The predicted octanol–water partition coefficient (Wildman–Crippen LogP) is 1.17. The molecule has 0 unspecified atom stereocenters. The van der Waals surface area contributed by atoms with Gasteiger partial charge in [0.25, 0.3) is 15.9 Å². The summed E-state index contributed by atoms with van der Waals surface area (Å²) in [5.74, 6) is -1.39. The standard InChI is InChI=1S/C13H15NO5S/c1-3-10(13(16)19-4-2)14-12(15)9-7-5-6-8-11(9)20(14,17)18/h5-8,10H,3-4H2,1-2H3/t10-/m1/s1. The zero-order valence-electron chi connectivity index (χ0n) is 11.2. The van der Waals surface area contributed by atoms with Gasteiger partial charge >= 0.3 is 5.97 Å². The van der Waals surface area contributed by atoms with Gasteiger partial charge in [-0.3, -0.25) is 4.79 Å². The Balaban J connectivity index is 2.49. The average molecular weight is 297 g/mol. The van der Waals surface area contributed by atoms with Gasteiger partial charge in [0.2, 0.25) is 0 Å². The first kappa shape index (κ1) is 14.5. The zero-order chi connectivity index (χ0) is 14.9. The second-order valence-corrected chi connectivity index (χ2v) is 6.06. The first-order valence-electron chi connectivity index (χ1n) is 6.29. The van der Waals surface area contributed by atoms with Crippen LogP contribution in [0.2, 0.25) is 0 Å². The number of sulfonamides is 1. The number of rotatable bonds is 4. The fraction of sp³-hybridized carbons (Fsp3) is 0.385. The highest BCUT2D eigenvalue weighted by Gasteiger charge is 2.47. The second-order valence-electron chi connectivity index (χ2n) is 4.28. The minimum Gasteiger partial charge on any atom is -0.464 e. The molecule has 0 fully saturated rings. The molecule has 1 aromatic carbocycles. The fourth-order valence-corrected chi connectivity index (χ4v) is 3.96. The lowest BCUT2D eigenvalue weighted by molar-refractivity contribution is -0.147. The van der Waals surface area contributed by atoms with Gasteiger partial charge in [-0.2, -0.15) is 0 Å². The number of ether oxygens (including phenoxy) is 1. The van der Waals surface area contributed by atoms with Crippen LogP contribution in [0.25, 0.3) is 0 Å². The monoisotopic (exact) mass is 297 g/mol. The lowest BCUT2D eigenvalue weighted by atomic mass is 10.1. The van der Waals surface area contributed by atoms with Crippen LogP contribution in [0.3, 0.4) is 0 Å². The lowest BCUT2D eigenvalue weighted by Gasteiger charge is -2.23. The van der Waals surface area contributed by atoms with Crippen molar-refractivity contribution in [3.63, 3.8) is 0 Å². The van der Waals surface area contributed by atoms with Crippen LogP contribution >= 0.6 is 0 Å². The van der Waals surface area contributed by atoms with E-state index >= 15 is 0 Å². The summed E-state index contributed by atoms with van der Waals surface area (Å²) in [6.07, 6.45) is 0.164. The minimum atomic E-state index is -3.99. The van der Waals surface area contributed by atoms with Gasteiger partial charge in [-0.15, -0.1) is 0 Å². The van der Waals surface area contributed by atoms with E-state index < -0.39 is 27.9 Å². The Morgan fingerprint density at radius 1 is 1.30 bits per heavy atom. The van der Waals surface area contributed by atoms with Crippen molar-refractivity contribution in [1.29, 1.82) is 0 Å². The third kappa shape index (κ3) is 2.07. The summed E-state index contributed by atoms with van der Waals surface area (Å²) in [6, 6.07) is 4.80. The van der Waals surface area contributed by atoms with Gasteiger partial charge in [0, 0.05) is 0 Å². The number of esters is 1. The normalized spacial score (nSPS) is 17.7. The first-order chi connectivity index (χ1) is 9.45. The van der Waals surface area contributed by atoms with E-state index in [-0.39, 0.29) is 23.5 Å². The van der Waals surface area contributed by atoms with Gasteiger partial charge in [0.1, 0.15) is 10.9 Å². The minimum absolute atomic E-state index is 0.0623. The van der Waals surface area contributed by atoms with Crippen LogP contribution in [0.15, 0.2) is 29.2 Å². The van der Waals surface area contributed by atoms with E-state index in [4.69, 9.17) is 4.74 Å². The molecule has 108 valence electrons. The molecule has 2 rings (SSSR count). The Kier molecular flexibility index (Phi) is 3.80. The number of amides is 1. The molecule has 0 N–H and O–H groups in total. The van der Waals surface area contributed by atoms with E-state index in [1.807, 2.05) is 0 Å². The summed E-state index contributed by atoms with van der Waals surface area (Å²) in [4.78, 5) is 24.1. The topological polar surface area (TPSA) is 80.8 Å². The molecule has 0 aliphatic carbocycles. The van der Waals surface area contributed by atoms with Gasteiger partial charge < -0.3 is 4.74 Å². The van der Waals surface area contributed by atoms with E-state index in [0.29, 0.717) is 4.31 Å². The molecule has 0 radical (unpaired) electrons. The summed E-state index contributed by atoms with van der Waals surface area (Å²) >= 11 is 0. The van der Waals surface area contributed by atoms with Crippen molar-refractivity contribution >= 4 is 21.9 Å². The number of carbonyl (C=O) groups is 2. The van der Waals surface area contributed by atoms with Crippen LogP contribution < -0.4 is 0 Å². The van der Waals surface area contributed by atoms with Crippen LogP contribution in [0.4, 0.5) is 0 Å². The van der Waals surface area contributed by atoms with Gasteiger partial charge in [0.05, 0.1) is 12.2 Å². The molecule has 6 nitrogen and oxygen atoms in total. The molecule has 0 saturated carbocycles. The zero-order valence-corrected chi connectivity index (χ0v) is 12.0. The highest BCUT2D eigenvalue weighted by atomic mass is 32.2. The van der Waals surface area contributed by atoms with Crippen LogP contribution in [-0.2, 0) is 19.6 Å². The predicted molar refractivity (Wildman–Crippen MR) is 70.5 cm³/mol. The highest BCUT2D eigenvalue weighted by Crippen LogP contribution is 2.32. The van der Waals surface area contributed by atoms with E-state index in [1.165, 1.54) is 12.1 Å². The van der Waals surface area contributed by atoms with Gasteiger partial charge in [-0.05, 0) is 25.5 Å². The molecule has 1 atom stereocenters. The summed E-state index contributed by atoms with van der Waals surface area (Å²) < 4.78 is 30.3. The molecule has 7 heteroatoms. The van der Waals surface area contributed by atoms with Gasteiger partial charge in [-0.25, -0.2) is 17.5 Å². The fourth-order valence-electron chi connectivity index (χ4n) is 2.18. The van der Waals surface area contributed by atoms with Crippen molar-refractivity contribution < 1.29 is 22.7 Å². The van der Waals surface area contributed by atoms with Gasteiger partial charge in [0.15, 0.2) is 0 Å². The molecule has 1 aliphatic rings. The van der Waals surface area contributed by atoms with Crippen molar-refractivity contribution in [1.82, 2.24) is 4.31 Å². The first-order valence-corrected chi connectivity index (χ1v) is 7.73. The lowest BCUT2D eigenvalue weighted by Crippen LogP contribution is -2.45. The maximum Gasteiger partial charge on any atom is 0.330 e. The van der Waals surface area contributed by atoms with E-state index in [2.05, 4.69) is 0 Å². The van der Waals surface area contributed by atoms with Crippen LogP contribution in [0, 0.1) is 0 Å². The molecular formula is C13H15NO5S. The summed E-state index contributed by atoms with van der Waals surface area (Å²) in [7, 11) is -3.99. The van der Waals surface area contributed by atoms with Crippen molar-refractivity contribution in [3.8, 4) is 0 Å². The quantitative estimate of drug-likeness (QED) is 0.779. The molecule has 1 heterocycles. The summed E-state index contributed by atoms with van der Waals surface area (Å²) in [6.45, 7) is 3.39. The molecule has 1 amide bonds.